The van der Waals surface area contributed by atoms with Crippen LogP contribution in [0.4, 0.5) is 0 Å². The standard InChI is InChI=1S/C11H12O3.Li/c1-6-4-9(7(2)12)11(14)10(5-6)8(3)13;/h4-5,14H,1-3H3;/q;+1/p-1. The topological polar surface area (TPSA) is 57.2 Å². The van der Waals surface area contributed by atoms with E-state index in [1.807, 2.05) is 0 Å². The number of hydrogen-bond acceptors (Lipinski definition) is 3. The molecule has 0 atom stereocenters. The molecular formula is C11H11LiO3. The van der Waals surface area contributed by atoms with Crippen LogP contribution in [0.3, 0.4) is 0 Å². The summed E-state index contributed by atoms with van der Waals surface area (Å²) in [4.78, 5) is 22.2. The van der Waals surface area contributed by atoms with Crippen molar-refractivity contribution in [2.75, 3.05) is 0 Å². The van der Waals surface area contributed by atoms with Gasteiger partial charge in [0.1, 0.15) is 0 Å². The minimum atomic E-state index is -0.462. The van der Waals surface area contributed by atoms with E-state index < -0.39 is 5.75 Å². The normalized spacial score (nSPS) is 9.27. The van der Waals surface area contributed by atoms with E-state index >= 15 is 0 Å². The van der Waals surface area contributed by atoms with E-state index in [0.29, 0.717) is 0 Å². The van der Waals surface area contributed by atoms with Gasteiger partial charge in [-0.25, -0.2) is 0 Å². The fourth-order valence-corrected chi connectivity index (χ4v) is 1.30. The van der Waals surface area contributed by atoms with Crippen LogP contribution in [-0.2, 0) is 0 Å². The average Bonchev–Trinajstić information content (AvgIpc) is 2.07. The zero-order valence-corrected chi connectivity index (χ0v) is 9.38. The van der Waals surface area contributed by atoms with Gasteiger partial charge in [-0.2, -0.15) is 0 Å². The molecule has 0 aliphatic heterocycles. The molecule has 1 aromatic rings. The van der Waals surface area contributed by atoms with E-state index in [9.17, 15) is 14.7 Å². The maximum absolute atomic E-state index is 11.6. The summed E-state index contributed by atoms with van der Waals surface area (Å²) < 4.78 is 0. The first kappa shape index (κ1) is 14.0. The summed E-state index contributed by atoms with van der Waals surface area (Å²) in [5.74, 6) is -1.07. The molecule has 1 aromatic carbocycles. The van der Waals surface area contributed by atoms with E-state index in [1.165, 1.54) is 26.0 Å². The van der Waals surface area contributed by atoms with Gasteiger partial charge < -0.3 is 5.11 Å². The van der Waals surface area contributed by atoms with E-state index in [4.69, 9.17) is 0 Å². The van der Waals surface area contributed by atoms with Crippen molar-refractivity contribution < 1.29 is 33.6 Å². The molecule has 15 heavy (non-hydrogen) atoms. The number of Topliss-reactive ketones (excluding diaryl/α,β-unsaturated/α-hetero) is 2. The fraction of sp³-hybridized carbons (Fsp3) is 0.273. The second kappa shape index (κ2) is 5.16. The van der Waals surface area contributed by atoms with E-state index in [0.717, 1.165) is 5.56 Å². The van der Waals surface area contributed by atoms with Crippen LogP contribution >= 0.6 is 0 Å². The second-order valence-corrected chi connectivity index (χ2v) is 3.30. The number of ketones is 2. The van der Waals surface area contributed by atoms with Crippen LogP contribution < -0.4 is 24.0 Å². The third-order valence-electron chi connectivity index (χ3n) is 1.99. The maximum Gasteiger partial charge on any atom is 1.00 e. The zero-order chi connectivity index (χ0) is 10.9. The minimum Gasteiger partial charge on any atom is -0.871 e. The Morgan fingerprint density at radius 1 is 1.07 bits per heavy atom. The predicted octanol–water partition coefficient (Wildman–Crippen LogP) is -1.52. The van der Waals surface area contributed by atoms with Crippen LogP contribution in [0, 0.1) is 6.92 Å². The quantitative estimate of drug-likeness (QED) is 0.428. The molecule has 4 heteroatoms. The zero-order valence-electron chi connectivity index (χ0n) is 9.38. The van der Waals surface area contributed by atoms with E-state index in [1.54, 1.807) is 6.92 Å². The van der Waals surface area contributed by atoms with Crippen LogP contribution in [0.1, 0.15) is 40.1 Å². The summed E-state index contributed by atoms with van der Waals surface area (Å²) in [6, 6.07) is 3.02. The Bertz CT molecular complexity index is 375. The van der Waals surface area contributed by atoms with E-state index in [2.05, 4.69) is 0 Å². The third kappa shape index (κ3) is 2.95. The Balaban J connectivity index is 0.00000196. The Labute approximate surface area is 101 Å². The molecular weight excluding hydrogens is 187 g/mol. The Morgan fingerprint density at radius 3 is 1.67 bits per heavy atom. The fourth-order valence-electron chi connectivity index (χ4n) is 1.30. The minimum absolute atomic E-state index is 0. The van der Waals surface area contributed by atoms with Crippen molar-refractivity contribution in [3.05, 3.63) is 28.8 Å². The third-order valence-corrected chi connectivity index (χ3v) is 1.99. The Morgan fingerprint density at radius 2 is 1.40 bits per heavy atom. The van der Waals surface area contributed by atoms with Gasteiger partial charge in [0, 0.05) is 11.1 Å². The number of hydrogen-bond donors (Lipinski definition) is 0. The molecule has 0 amide bonds. The molecule has 0 N–H and O–H groups in total. The van der Waals surface area contributed by atoms with Gasteiger partial charge in [-0.1, -0.05) is 5.75 Å². The molecule has 0 aliphatic rings. The Kier molecular flexibility index (Phi) is 4.80. The van der Waals surface area contributed by atoms with Gasteiger partial charge in [0.05, 0.1) is 0 Å². The predicted molar refractivity (Wildman–Crippen MR) is 50.6 cm³/mol. The molecule has 0 saturated carbocycles. The van der Waals surface area contributed by atoms with Crippen molar-refractivity contribution in [2.24, 2.45) is 0 Å². The van der Waals surface area contributed by atoms with Crippen LogP contribution in [0.25, 0.3) is 0 Å². The van der Waals surface area contributed by atoms with Crippen molar-refractivity contribution in [1.29, 1.82) is 0 Å². The van der Waals surface area contributed by atoms with Gasteiger partial charge in [-0.3, -0.25) is 9.59 Å². The maximum atomic E-state index is 11.6. The molecule has 0 unspecified atom stereocenters. The molecule has 3 nitrogen and oxygen atoms in total. The van der Waals surface area contributed by atoms with Gasteiger partial charge >= 0.3 is 18.9 Å². The molecule has 0 fully saturated rings. The van der Waals surface area contributed by atoms with Gasteiger partial charge in [-0.05, 0) is 38.5 Å². The summed E-state index contributed by atoms with van der Waals surface area (Å²) in [5.41, 5.74) is 0.936. The molecule has 0 aliphatic carbocycles. The number of benzene rings is 1. The van der Waals surface area contributed by atoms with Crippen LogP contribution in [0.2, 0.25) is 0 Å². The monoisotopic (exact) mass is 198 g/mol. The molecule has 74 valence electrons. The first-order chi connectivity index (χ1) is 6.43. The number of carbonyl (C=O) groups is 2. The van der Waals surface area contributed by atoms with Crippen molar-refractivity contribution in [2.45, 2.75) is 20.8 Å². The van der Waals surface area contributed by atoms with Crippen molar-refractivity contribution in [1.82, 2.24) is 0 Å². The molecule has 0 heterocycles. The van der Waals surface area contributed by atoms with Crippen molar-refractivity contribution in [3.63, 3.8) is 0 Å². The van der Waals surface area contributed by atoms with Gasteiger partial charge in [0.2, 0.25) is 0 Å². The molecule has 0 aromatic heterocycles. The average molecular weight is 198 g/mol. The molecule has 0 saturated heterocycles. The van der Waals surface area contributed by atoms with Crippen LogP contribution in [0.5, 0.6) is 5.75 Å². The number of aryl methyl sites for hydroxylation is 1. The summed E-state index contributed by atoms with van der Waals surface area (Å²) in [6.07, 6.45) is 0. The van der Waals surface area contributed by atoms with Crippen LogP contribution in [0.15, 0.2) is 12.1 Å². The first-order valence-corrected chi connectivity index (χ1v) is 4.27. The summed E-state index contributed by atoms with van der Waals surface area (Å²) >= 11 is 0. The van der Waals surface area contributed by atoms with Gasteiger partial charge in [0.25, 0.3) is 0 Å². The molecule has 0 bridgehead atoms. The smallest absolute Gasteiger partial charge is 0.871 e. The first-order valence-electron chi connectivity index (χ1n) is 4.27. The summed E-state index contributed by atoms with van der Waals surface area (Å²) in [6.45, 7) is 4.39. The Hall–Kier alpha value is -1.04. The second-order valence-electron chi connectivity index (χ2n) is 3.30. The van der Waals surface area contributed by atoms with E-state index in [-0.39, 0.29) is 41.6 Å². The van der Waals surface area contributed by atoms with Gasteiger partial charge in [0.15, 0.2) is 11.6 Å². The van der Waals surface area contributed by atoms with Gasteiger partial charge in [-0.15, -0.1) is 0 Å². The summed E-state index contributed by atoms with van der Waals surface area (Å²) in [5, 5.41) is 11.6. The van der Waals surface area contributed by atoms with Crippen molar-refractivity contribution >= 4 is 11.6 Å². The van der Waals surface area contributed by atoms with Crippen LogP contribution in [-0.4, -0.2) is 11.6 Å². The largest absolute Gasteiger partial charge is 1.00 e. The molecule has 1 rings (SSSR count). The van der Waals surface area contributed by atoms with Crippen molar-refractivity contribution in [3.8, 4) is 5.75 Å². The SMILES string of the molecule is CC(=O)c1cc(C)cc(C(C)=O)c1[O-].[Li+]. The number of rotatable bonds is 2. The summed E-state index contributed by atoms with van der Waals surface area (Å²) in [7, 11) is 0. The molecule has 0 radical (unpaired) electrons. The number of carbonyl (C=O) groups excluding carboxylic acids is 2. The molecule has 0 spiro atoms.